The van der Waals surface area contributed by atoms with Crippen LogP contribution in [0.1, 0.15) is 63.9 Å². The van der Waals surface area contributed by atoms with Gasteiger partial charge in [-0.2, -0.15) is 5.26 Å². The molecule has 0 aromatic heterocycles. The Balaban J connectivity index is 1.34. The van der Waals surface area contributed by atoms with Crippen LogP contribution in [0.5, 0.6) is 0 Å². The topological polar surface area (TPSA) is 169 Å². The average molecular weight is 622 g/mol. The lowest BCUT2D eigenvalue weighted by Gasteiger charge is -2.37. The van der Waals surface area contributed by atoms with E-state index in [0.29, 0.717) is 16.8 Å². The smallest absolute Gasteiger partial charge is 0.404 e. The van der Waals surface area contributed by atoms with Gasteiger partial charge in [0.25, 0.3) is 0 Å². The van der Waals surface area contributed by atoms with Gasteiger partial charge in [0.05, 0.1) is 11.3 Å². The lowest BCUT2D eigenvalue weighted by Crippen LogP contribution is -2.56. The quantitative estimate of drug-likeness (QED) is 0.237. The van der Waals surface area contributed by atoms with Gasteiger partial charge in [-0.1, -0.05) is 60.7 Å². The maximum Gasteiger partial charge on any atom is 0.404 e. The molecule has 0 bridgehead atoms. The number of fused-ring (bicyclic) bond motifs is 2. The first kappa shape index (κ1) is 31.9. The Bertz CT molecular complexity index is 1700. The zero-order valence-corrected chi connectivity index (χ0v) is 25.3. The average Bonchev–Trinajstić information content (AvgIpc) is 3.55. The van der Waals surface area contributed by atoms with E-state index < -0.39 is 30.0 Å². The monoisotopic (exact) mass is 621 g/mol. The fourth-order valence-electron chi connectivity index (χ4n) is 6.13. The van der Waals surface area contributed by atoms with Crippen molar-refractivity contribution in [3.8, 4) is 6.07 Å². The first-order chi connectivity index (χ1) is 22.2. The summed E-state index contributed by atoms with van der Waals surface area (Å²) in [6, 6.07) is 19.7. The summed E-state index contributed by atoms with van der Waals surface area (Å²) in [6.45, 7) is 0.0332. The molecule has 0 saturated heterocycles. The number of benzene rings is 3. The van der Waals surface area contributed by atoms with E-state index in [2.05, 4.69) is 22.0 Å². The van der Waals surface area contributed by atoms with Gasteiger partial charge >= 0.3 is 6.09 Å². The fourth-order valence-corrected chi connectivity index (χ4v) is 6.13. The SMILES string of the molecule is N#Cc1c(NC(=O)C(CCNC(=O)O)NC(=O)[C@@H]2Cc3ccccc3CN2C(=O)CCC(=O)c2ccccc2)ccc2c1CCC2. The van der Waals surface area contributed by atoms with Crippen molar-refractivity contribution < 1.29 is 29.1 Å². The summed E-state index contributed by atoms with van der Waals surface area (Å²) in [5.74, 6) is -1.75. The molecular weight excluding hydrogens is 586 g/mol. The summed E-state index contributed by atoms with van der Waals surface area (Å²) in [5, 5.41) is 26.7. The van der Waals surface area contributed by atoms with Crippen LogP contribution in [0.4, 0.5) is 10.5 Å². The zero-order chi connectivity index (χ0) is 32.6. The number of anilines is 1. The predicted octanol–water partition coefficient (Wildman–Crippen LogP) is 3.74. The number of amides is 4. The third-order valence-electron chi connectivity index (χ3n) is 8.53. The number of hydrogen-bond acceptors (Lipinski definition) is 6. The van der Waals surface area contributed by atoms with Gasteiger partial charge in [-0.15, -0.1) is 0 Å². The van der Waals surface area contributed by atoms with Crippen molar-refractivity contribution in [2.75, 3.05) is 11.9 Å². The number of carbonyl (C=O) groups is 5. The third-order valence-corrected chi connectivity index (χ3v) is 8.53. The lowest BCUT2D eigenvalue weighted by atomic mass is 9.92. The Labute approximate surface area is 266 Å². The molecule has 11 heteroatoms. The van der Waals surface area contributed by atoms with Crippen molar-refractivity contribution in [2.45, 2.75) is 63.6 Å². The van der Waals surface area contributed by atoms with Crippen molar-refractivity contribution >= 4 is 35.3 Å². The molecule has 46 heavy (non-hydrogen) atoms. The molecule has 0 fully saturated rings. The molecule has 2 aliphatic rings. The normalized spacial score (nSPS) is 15.5. The molecule has 1 aliphatic heterocycles. The first-order valence-corrected chi connectivity index (χ1v) is 15.3. The van der Waals surface area contributed by atoms with E-state index in [1.54, 1.807) is 36.4 Å². The van der Waals surface area contributed by atoms with E-state index in [4.69, 9.17) is 5.11 Å². The molecular formula is C35H35N5O6. The maximum atomic E-state index is 13.9. The second-order valence-electron chi connectivity index (χ2n) is 11.5. The van der Waals surface area contributed by atoms with Gasteiger partial charge in [0.1, 0.15) is 18.2 Å². The molecule has 4 amide bonds. The van der Waals surface area contributed by atoms with Crippen molar-refractivity contribution in [2.24, 2.45) is 0 Å². The highest BCUT2D eigenvalue weighted by atomic mass is 16.4. The molecule has 4 N–H and O–H groups in total. The highest BCUT2D eigenvalue weighted by molar-refractivity contribution is 6.00. The zero-order valence-electron chi connectivity index (χ0n) is 25.3. The van der Waals surface area contributed by atoms with Crippen LogP contribution >= 0.6 is 0 Å². The van der Waals surface area contributed by atoms with E-state index in [9.17, 15) is 29.2 Å². The Morgan fingerprint density at radius 1 is 0.913 bits per heavy atom. The fraction of sp³-hybridized carbons (Fsp3) is 0.314. The highest BCUT2D eigenvalue weighted by Crippen LogP contribution is 2.30. The predicted molar refractivity (Wildman–Crippen MR) is 169 cm³/mol. The number of ketones is 1. The van der Waals surface area contributed by atoms with Crippen LogP contribution in [-0.4, -0.2) is 58.2 Å². The van der Waals surface area contributed by atoms with Crippen LogP contribution in [0.2, 0.25) is 0 Å². The molecule has 11 nitrogen and oxygen atoms in total. The summed E-state index contributed by atoms with van der Waals surface area (Å²) in [7, 11) is 0. The second-order valence-corrected chi connectivity index (χ2v) is 11.5. The minimum Gasteiger partial charge on any atom is -0.465 e. The molecule has 0 radical (unpaired) electrons. The van der Waals surface area contributed by atoms with Gasteiger partial charge in [-0.25, -0.2) is 4.79 Å². The number of Topliss-reactive ketones (excluding diaryl/α,β-unsaturated/α-hetero) is 1. The van der Waals surface area contributed by atoms with Crippen LogP contribution in [0, 0.1) is 11.3 Å². The minimum atomic E-state index is -1.28. The van der Waals surface area contributed by atoms with Crippen LogP contribution in [0.15, 0.2) is 66.7 Å². The Morgan fingerprint density at radius 2 is 1.65 bits per heavy atom. The standard InChI is InChI=1S/C35H35N5O6/c36-20-27-26-12-6-11-22(26)13-14-28(27)38-33(43)29(17-18-37-35(45)46)39-34(44)30-19-24-9-4-5-10-25(24)21-40(30)32(42)16-15-31(41)23-7-2-1-3-8-23/h1-5,7-10,13-14,29-30,37H,6,11-12,15-19,21H2,(H,38,43)(H,39,44)(H,45,46)/t29?,30-/m0/s1. The number of hydrogen-bond donors (Lipinski definition) is 4. The summed E-state index contributed by atoms with van der Waals surface area (Å²) in [5.41, 5.74) is 4.94. The number of rotatable bonds is 11. The largest absolute Gasteiger partial charge is 0.465 e. The molecule has 5 rings (SSSR count). The van der Waals surface area contributed by atoms with Crippen molar-refractivity contribution in [1.82, 2.24) is 15.5 Å². The molecule has 1 heterocycles. The van der Waals surface area contributed by atoms with E-state index >= 15 is 0 Å². The Kier molecular flexibility index (Phi) is 10.1. The number of nitrogens with zero attached hydrogens (tertiary/aromatic N) is 2. The number of nitrogens with one attached hydrogen (secondary N) is 3. The molecule has 0 spiro atoms. The Hall–Kier alpha value is -5.50. The molecule has 0 saturated carbocycles. The number of carboxylic acid groups (broad SMARTS) is 1. The highest BCUT2D eigenvalue weighted by Gasteiger charge is 2.36. The summed E-state index contributed by atoms with van der Waals surface area (Å²) in [4.78, 5) is 66.3. The lowest BCUT2D eigenvalue weighted by molar-refractivity contribution is -0.142. The molecule has 3 aromatic carbocycles. The summed E-state index contributed by atoms with van der Waals surface area (Å²) in [6.07, 6.45) is 1.24. The van der Waals surface area contributed by atoms with E-state index in [0.717, 1.165) is 41.5 Å². The van der Waals surface area contributed by atoms with E-state index in [-0.39, 0.29) is 50.5 Å². The van der Waals surface area contributed by atoms with Crippen LogP contribution < -0.4 is 16.0 Å². The van der Waals surface area contributed by atoms with E-state index in [1.807, 2.05) is 30.3 Å². The molecule has 1 unspecified atom stereocenters. The van der Waals surface area contributed by atoms with Gasteiger partial charge in [0, 0.05) is 37.9 Å². The van der Waals surface area contributed by atoms with Crippen molar-refractivity contribution in [3.63, 3.8) is 0 Å². The van der Waals surface area contributed by atoms with Gasteiger partial charge in [0.2, 0.25) is 17.7 Å². The summed E-state index contributed by atoms with van der Waals surface area (Å²) < 4.78 is 0. The number of aryl methyl sites for hydroxylation is 1. The summed E-state index contributed by atoms with van der Waals surface area (Å²) >= 11 is 0. The molecule has 3 aromatic rings. The van der Waals surface area contributed by atoms with E-state index in [1.165, 1.54) is 4.90 Å². The minimum absolute atomic E-state index is 0.0246. The van der Waals surface area contributed by atoms with Crippen molar-refractivity contribution in [3.05, 3.63) is 100 Å². The second kappa shape index (κ2) is 14.5. The number of carbonyl (C=O) groups excluding carboxylic acids is 4. The third kappa shape index (κ3) is 7.41. The van der Waals surface area contributed by atoms with Crippen LogP contribution in [0.25, 0.3) is 0 Å². The van der Waals surface area contributed by atoms with Gasteiger partial charge in [0.15, 0.2) is 5.78 Å². The van der Waals surface area contributed by atoms with Gasteiger partial charge < -0.3 is 26.0 Å². The van der Waals surface area contributed by atoms with Crippen LogP contribution in [0.3, 0.4) is 0 Å². The molecule has 1 aliphatic carbocycles. The molecule has 2 atom stereocenters. The molecule has 236 valence electrons. The van der Waals surface area contributed by atoms with Crippen molar-refractivity contribution in [1.29, 1.82) is 5.26 Å². The Morgan fingerprint density at radius 3 is 2.39 bits per heavy atom. The first-order valence-electron chi connectivity index (χ1n) is 15.3. The maximum absolute atomic E-state index is 13.9. The number of nitriles is 1. The van der Waals surface area contributed by atoms with Gasteiger partial charge in [-0.3, -0.25) is 19.2 Å². The van der Waals surface area contributed by atoms with Gasteiger partial charge in [-0.05, 0) is 54.0 Å². The van der Waals surface area contributed by atoms with Crippen LogP contribution in [-0.2, 0) is 40.2 Å².